The molecule has 1 aromatic rings. The van der Waals surface area contributed by atoms with Crippen molar-refractivity contribution >= 4 is 21.9 Å². The molecule has 1 aromatic carbocycles. The van der Waals surface area contributed by atoms with Crippen LogP contribution >= 0.6 is 0 Å². The van der Waals surface area contributed by atoms with Crippen LogP contribution in [0.1, 0.15) is 24.0 Å². The minimum Gasteiger partial charge on any atom is -0.424 e. The Hall–Kier alpha value is -1.59. The number of primary amides is 1. The largest absolute Gasteiger partial charge is 0.424 e. The van der Waals surface area contributed by atoms with E-state index in [-0.39, 0.29) is 9.76 Å². The van der Waals surface area contributed by atoms with Crippen LogP contribution in [0.3, 0.4) is 0 Å². The summed E-state index contributed by atoms with van der Waals surface area (Å²) in [5.74, 6) is 0. The zero-order valence-corrected chi connectivity index (χ0v) is 12.8. The number of aryl methyl sites for hydroxylation is 1. The Labute approximate surface area is 117 Å². The summed E-state index contributed by atoms with van der Waals surface area (Å²) in [5.41, 5.74) is 7.12. The lowest BCUT2D eigenvalue weighted by Crippen LogP contribution is -2.23. The fourth-order valence-electron chi connectivity index (χ4n) is 1.67. The highest BCUT2D eigenvalue weighted by Gasteiger charge is 1.96. The summed E-state index contributed by atoms with van der Waals surface area (Å²) in [4.78, 5) is 10.3. The zero-order valence-electron chi connectivity index (χ0n) is 11.4. The van der Waals surface area contributed by atoms with E-state index in [0.29, 0.717) is 0 Å². The molecule has 2 amide bonds. The monoisotopic (exact) mass is 278 g/mol. The van der Waals surface area contributed by atoms with Gasteiger partial charge in [0.1, 0.15) is 0 Å². The Kier molecular flexibility index (Phi) is 7.61. The number of benzene rings is 1. The highest BCUT2D eigenvalue weighted by molar-refractivity contribution is 6.27. The molecule has 0 radical (unpaired) electrons. The third kappa shape index (κ3) is 7.43. The molecule has 4 nitrogen and oxygen atoms in total. The van der Waals surface area contributed by atoms with Gasteiger partial charge in [0.2, 0.25) is 0 Å². The molecule has 1 aliphatic heterocycles. The lowest BCUT2D eigenvalue weighted by atomic mass is 10.1. The fraction of sp³-hybridized carbons (Fsp3) is 0.357. The van der Waals surface area contributed by atoms with E-state index in [1.807, 2.05) is 31.2 Å². The number of rotatable bonds is 2. The number of urea groups is 1. The minimum absolute atomic E-state index is 0.00849. The van der Waals surface area contributed by atoms with E-state index in [0.717, 1.165) is 17.7 Å². The molecule has 0 spiro atoms. The first kappa shape index (κ1) is 15.5. The normalized spacial score (nSPS) is 15.8. The Balaban J connectivity index is 0.000000250. The maximum absolute atomic E-state index is 10.3. The smallest absolute Gasteiger partial charge is 0.316 e. The van der Waals surface area contributed by atoms with Crippen LogP contribution in [0.4, 0.5) is 4.79 Å². The van der Waals surface area contributed by atoms with Gasteiger partial charge in [-0.2, -0.15) is 0 Å². The van der Waals surface area contributed by atoms with Gasteiger partial charge in [0, 0.05) is 12.8 Å². The zero-order chi connectivity index (χ0) is 13.9. The second-order valence-corrected chi connectivity index (χ2v) is 5.90. The van der Waals surface area contributed by atoms with Crippen molar-refractivity contribution in [1.29, 1.82) is 0 Å². The van der Waals surface area contributed by atoms with Crippen LogP contribution in [0.15, 0.2) is 30.5 Å². The van der Waals surface area contributed by atoms with Crippen molar-refractivity contribution in [2.45, 2.75) is 25.8 Å². The first-order chi connectivity index (χ1) is 9.20. The maximum Gasteiger partial charge on any atom is 0.316 e. The molecule has 1 saturated heterocycles. The SMILES string of the molecule is C1CC[SiH2]OC1.Cc1ccccc1/C=C/NC(N)=O. The van der Waals surface area contributed by atoms with Gasteiger partial charge in [0.05, 0.1) is 0 Å². The average Bonchev–Trinajstić information content (AvgIpc) is 2.43. The van der Waals surface area contributed by atoms with Gasteiger partial charge in [-0.25, -0.2) is 4.79 Å². The summed E-state index contributed by atoms with van der Waals surface area (Å²) in [6.07, 6.45) is 6.09. The number of hydrogen-bond acceptors (Lipinski definition) is 2. The molecular formula is C14H22N2O2Si. The van der Waals surface area contributed by atoms with Crippen molar-refractivity contribution in [3.63, 3.8) is 0 Å². The summed E-state index contributed by atoms with van der Waals surface area (Å²) in [7, 11) is 0.00849. The standard InChI is InChI=1S/C10H12N2O.C4H10OSi/c1-8-4-2-3-5-9(8)6-7-12-10(11)13;1-2-4-6-5-3-1/h2-7H,1H3,(H3,11,12,13);1-4,6H2/b7-6+;. The molecule has 0 aliphatic carbocycles. The van der Waals surface area contributed by atoms with Crippen LogP contribution in [-0.4, -0.2) is 22.4 Å². The second-order valence-electron chi connectivity index (χ2n) is 4.37. The van der Waals surface area contributed by atoms with E-state index in [4.69, 9.17) is 10.2 Å². The average molecular weight is 278 g/mol. The predicted molar refractivity (Wildman–Crippen MR) is 81.5 cm³/mol. The molecule has 0 atom stereocenters. The van der Waals surface area contributed by atoms with Crippen LogP contribution in [-0.2, 0) is 4.43 Å². The van der Waals surface area contributed by atoms with Gasteiger partial charge >= 0.3 is 6.03 Å². The van der Waals surface area contributed by atoms with Crippen molar-refractivity contribution < 1.29 is 9.22 Å². The van der Waals surface area contributed by atoms with Crippen molar-refractivity contribution in [2.75, 3.05) is 6.61 Å². The number of nitrogens with one attached hydrogen (secondary N) is 1. The van der Waals surface area contributed by atoms with Gasteiger partial charge in [-0.15, -0.1) is 0 Å². The van der Waals surface area contributed by atoms with Gasteiger partial charge in [-0.1, -0.05) is 30.7 Å². The molecular weight excluding hydrogens is 256 g/mol. The molecule has 0 aromatic heterocycles. The van der Waals surface area contributed by atoms with Gasteiger partial charge < -0.3 is 15.5 Å². The Bertz CT molecular complexity index is 406. The minimum atomic E-state index is -0.551. The first-order valence-corrected chi connectivity index (χ1v) is 8.14. The molecule has 1 fully saturated rings. The van der Waals surface area contributed by atoms with E-state index in [1.165, 1.54) is 25.1 Å². The quantitative estimate of drug-likeness (QED) is 0.812. The molecule has 3 N–H and O–H groups in total. The molecule has 0 bridgehead atoms. The van der Waals surface area contributed by atoms with Crippen LogP contribution in [0.25, 0.3) is 6.08 Å². The second kappa shape index (κ2) is 9.35. The number of amides is 2. The molecule has 19 heavy (non-hydrogen) atoms. The van der Waals surface area contributed by atoms with Crippen LogP contribution in [0.2, 0.25) is 6.04 Å². The predicted octanol–water partition coefficient (Wildman–Crippen LogP) is 1.93. The number of hydrogen-bond donors (Lipinski definition) is 2. The van der Waals surface area contributed by atoms with Gasteiger partial charge in [-0.05, 0) is 36.6 Å². The van der Waals surface area contributed by atoms with Crippen LogP contribution < -0.4 is 11.1 Å². The molecule has 104 valence electrons. The summed E-state index contributed by atoms with van der Waals surface area (Å²) in [6.45, 7) is 3.07. The van der Waals surface area contributed by atoms with Crippen LogP contribution in [0.5, 0.6) is 0 Å². The molecule has 0 unspecified atom stereocenters. The summed E-state index contributed by atoms with van der Waals surface area (Å²) in [5, 5.41) is 2.38. The van der Waals surface area contributed by atoms with Crippen LogP contribution in [0, 0.1) is 6.92 Å². The summed E-state index contributed by atoms with van der Waals surface area (Å²) < 4.78 is 5.21. The Morgan fingerprint density at radius 3 is 2.68 bits per heavy atom. The third-order valence-electron chi connectivity index (χ3n) is 2.75. The molecule has 0 saturated carbocycles. The van der Waals surface area contributed by atoms with E-state index in [1.54, 1.807) is 6.08 Å². The Morgan fingerprint density at radius 2 is 2.21 bits per heavy atom. The van der Waals surface area contributed by atoms with E-state index < -0.39 is 6.03 Å². The van der Waals surface area contributed by atoms with E-state index in [9.17, 15) is 4.79 Å². The highest BCUT2D eigenvalue weighted by atomic mass is 28.2. The van der Waals surface area contributed by atoms with E-state index in [2.05, 4.69) is 5.32 Å². The lowest BCUT2D eigenvalue weighted by molar-refractivity contribution is 0.252. The Morgan fingerprint density at radius 1 is 1.42 bits per heavy atom. The fourth-order valence-corrected chi connectivity index (χ4v) is 2.84. The van der Waals surface area contributed by atoms with Crippen molar-refractivity contribution in [3.05, 3.63) is 41.6 Å². The summed E-state index contributed by atoms with van der Waals surface area (Å²) in [6, 6.07) is 8.74. The van der Waals surface area contributed by atoms with Gasteiger partial charge in [0.25, 0.3) is 0 Å². The van der Waals surface area contributed by atoms with Gasteiger partial charge in [0.15, 0.2) is 9.76 Å². The number of nitrogens with two attached hydrogens (primary N) is 1. The molecule has 1 heterocycles. The van der Waals surface area contributed by atoms with Crippen molar-refractivity contribution in [3.8, 4) is 0 Å². The lowest BCUT2D eigenvalue weighted by Gasteiger charge is -2.07. The molecule has 2 rings (SSSR count). The highest BCUT2D eigenvalue weighted by Crippen LogP contribution is 2.07. The first-order valence-electron chi connectivity index (χ1n) is 6.56. The number of carbonyl (C=O) groups excluding carboxylic acids is 1. The number of carbonyl (C=O) groups is 1. The van der Waals surface area contributed by atoms with Crippen molar-refractivity contribution in [1.82, 2.24) is 5.32 Å². The van der Waals surface area contributed by atoms with Crippen molar-refractivity contribution in [2.24, 2.45) is 5.73 Å². The third-order valence-corrected chi connectivity index (χ3v) is 4.12. The maximum atomic E-state index is 10.3. The topological polar surface area (TPSA) is 64.3 Å². The summed E-state index contributed by atoms with van der Waals surface area (Å²) >= 11 is 0. The van der Waals surface area contributed by atoms with E-state index >= 15 is 0 Å². The molecule has 5 heteroatoms. The van der Waals surface area contributed by atoms with Gasteiger partial charge in [-0.3, -0.25) is 0 Å². The molecule has 1 aliphatic rings.